The van der Waals surface area contributed by atoms with E-state index in [1.807, 2.05) is 13.8 Å². The van der Waals surface area contributed by atoms with E-state index in [0.717, 1.165) is 24.1 Å². The average Bonchev–Trinajstić information content (AvgIpc) is 2.33. The molecule has 0 saturated heterocycles. The topological polar surface area (TPSA) is 57.2 Å². The summed E-state index contributed by atoms with van der Waals surface area (Å²) < 4.78 is 6.37. The first-order valence-corrected chi connectivity index (χ1v) is 4.26. The van der Waals surface area contributed by atoms with Gasteiger partial charge in [0.15, 0.2) is 5.75 Å². The van der Waals surface area contributed by atoms with E-state index >= 15 is 0 Å². The van der Waals surface area contributed by atoms with Crippen molar-refractivity contribution in [1.29, 1.82) is 0 Å². The highest BCUT2D eigenvalue weighted by atomic mass is 16.5. The van der Waals surface area contributed by atoms with Crippen LogP contribution in [0.2, 0.25) is 0 Å². The van der Waals surface area contributed by atoms with Gasteiger partial charge in [-0.1, -0.05) is 13.3 Å². The number of hydrogen-bond donors (Lipinski definition) is 1. The van der Waals surface area contributed by atoms with Gasteiger partial charge in [-0.3, -0.25) is 9.47 Å². The molecule has 0 fully saturated rings. The Balaban J connectivity index is 3.04. The summed E-state index contributed by atoms with van der Waals surface area (Å²) in [6.45, 7) is 4.34. The summed E-state index contributed by atoms with van der Waals surface area (Å²) in [5.41, 5.74) is 1.75. The molecule has 1 rings (SSSR count). The van der Waals surface area contributed by atoms with Crippen LogP contribution in [0.5, 0.6) is 5.75 Å². The van der Waals surface area contributed by atoms with Crippen molar-refractivity contribution in [3.8, 4) is 5.75 Å². The zero-order valence-corrected chi connectivity index (χ0v) is 7.91. The molecule has 4 nitrogen and oxygen atoms in total. The van der Waals surface area contributed by atoms with E-state index in [1.165, 1.54) is 4.68 Å². The highest BCUT2D eigenvalue weighted by molar-refractivity contribution is 5.50. The summed E-state index contributed by atoms with van der Waals surface area (Å²) in [5, 5.41) is 0. The van der Waals surface area contributed by atoms with E-state index < -0.39 is 0 Å². The summed E-state index contributed by atoms with van der Waals surface area (Å²) >= 11 is 0. The monoisotopic (exact) mass is 182 g/mol. The number of carbonyl (C=O) groups is 1. The van der Waals surface area contributed by atoms with Crippen molar-refractivity contribution in [3.05, 3.63) is 17.5 Å². The predicted octanol–water partition coefficient (Wildman–Crippen LogP) is 0.998. The minimum Gasteiger partial charge on any atom is -0.426 e. The Morgan fingerprint density at radius 2 is 2.38 bits per heavy atom. The molecule has 4 heteroatoms. The minimum absolute atomic E-state index is 0.432. The van der Waals surface area contributed by atoms with Gasteiger partial charge in [0.25, 0.3) is 6.47 Å². The smallest absolute Gasteiger partial charge is 0.298 e. The number of aryl methyl sites for hydroxylation is 1. The van der Waals surface area contributed by atoms with Gasteiger partial charge in [0.05, 0.1) is 5.69 Å². The van der Waals surface area contributed by atoms with Crippen LogP contribution in [0.3, 0.4) is 0 Å². The van der Waals surface area contributed by atoms with Gasteiger partial charge in [-0.25, -0.2) is 0 Å². The molecule has 0 spiro atoms. The molecular weight excluding hydrogens is 168 g/mol. The number of carbonyl (C=O) groups excluding carboxylic acids is 1. The van der Waals surface area contributed by atoms with Crippen molar-refractivity contribution in [2.75, 3.05) is 5.84 Å². The summed E-state index contributed by atoms with van der Waals surface area (Å²) in [7, 11) is 0. The number of nitrogens with zero attached hydrogens (tertiary/aromatic N) is 1. The SMILES string of the molecule is CCCc1c(OC=O)c(C)cn1N. The van der Waals surface area contributed by atoms with Crippen molar-refractivity contribution < 1.29 is 9.53 Å². The molecule has 0 amide bonds. The maximum absolute atomic E-state index is 10.2. The molecule has 0 atom stereocenters. The highest BCUT2D eigenvalue weighted by Gasteiger charge is 2.12. The molecule has 0 aliphatic carbocycles. The zero-order valence-electron chi connectivity index (χ0n) is 7.91. The molecule has 1 aromatic heterocycles. The van der Waals surface area contributed by atoms with E-state index in [-0.39, 0.29) is 0 Å². The van der Waals surface area contributed by atoms with Crippen molar-refractivity contribution in [2.24, 2.45) is 0 Å². The second-order valence-corrected chi connectivity index (χ2v) is 2.96. The molecule has 0 saturated carbocycles. The third-order valence-corrected chi connectivity index (χ3v) is 1.92. The lowest BCUT2D eigenvalue weighted by Gasteiger charge is -2.03. The van der Waals surface area contributed by atoms with Crippen LogP contribution in [-0.4, -0.2) is 11.1 Å². The molecular formula is C9H14N2O2. The van der Waals surface area contributed by atoms with Gasteiger partial charge < -0.3 is 10.6 Å². The first-order valence-electron chi connectivity index (χ1n) is 4.26. The molecule has 0 unspecified atom stereocenters. The van der Waals surface area contributed by atoms with Crippen molar-refractivity contribution in [2.45, 2.75) is 26.7 Å². The molecule has 72 valence electrons. The Morgan fingerprint density at radius 1 is 1.69 bits per heavy atom. The van der Waals surface area contributed by atoms with Gasteiger partial charge in [0.1, 0.15) is 0 Å². The number of nitrogens with two attached hydrogens (primary N) is 1. The predicted molar refractivity (Wildman–Crippen MR) is 50.0 cm³/mol. The quantitative estimate of drug-likeness (QED) is 0.558. The molecule has 1 heterocycles. The average molecular weight is 182 g/mol. The lowest BCUT2D eigenvalue weighted by Crippen LogP contribution is -2.11. The third-order valence-electron chi connectivity index (χ3n) is 1.92. The van der Waals surface area contributed by atoms with E-state index in [2.05, 4.69) is 0 Å². The Kier molecular flexibility index (Phi) is 2.95. The molecule has 1 aromatic rings. The Morgan fingerprint density at radius 3 is 2.92 bits per heavy atom. The summed E-state index contributed by atoms with van der Waals surface area (Å²) in [6, 6.07) is 0. The number of rotatable bonds is 4. The fourth-order valence-electron chi connectivity index (χ4n) is 1.38. The van der Waals surface area contributed by atoms with Crippen molar-refractivity contribution in [3.63, 3.8) is 0 Å². The number of hydrogen-bond acceptors (Lipinski definition) is 3. The van der Waals surface area contributed by atoms with Crippen LogP contribution >= 0.6 is 0 Å². The maximum atomic E-state index is 10.2. The van der Waals surface area contributed by atoms with Crippen LogP contribution in [0.25, 0.3) is 0 Å². The summed E-state index contributed by atoms with van der Waals surface area (Å²) in [4.78, 5) is 10.2. The Bertz CT molecular complexity index is 305. The normalized spacial score (nSPS) is 10.0. The van der Waals surface area contributed by atoms with Crippen LogP contribution in [0.15, 0.2) is 6.20 Å². The second-order valence-electron chi connectivity index (χ2n) is 2.96. The number of ether oxygens (including phenoxy) is 1. The van der Waals surface area contributed by atoms with Gasteiger partial charge in [-0.2, -0.15) is 0 Å². The van der Waals surface area contributed by atoms with Gasteiger partial charge in [-0.15, -0.1) is 0 Å². The second kappa shape index (κ2) is 3.98. The molecule has 0 aliphatic rings. The van der Waals surface area contributed by atoms with Gasteiger partial charge in [0, 0.05) is 11.8 Å². The van der Waals surface area contributed by atoms with E-state index in [0.29, 0.717) is 12.2 Å². The Labute approximate surface area is 77.3 Å². The van der Waals surface area contributed by atoms with E-state index in [1.54, 1.807) is 6.20 Å². The molecule has 2 N–H and O–H groups in total. The fourth-order valence-corrected chi connectivity index (χ4v) is 1.38. The van der Waals surface area contributed by atoms with Crippen LogP contribution < -0.4 is 10.6 Å². The molecule has 13 heavy (non-hydrogen) atoms. The van der Waals surface area contributed by atoms with Crippen LogP contribution in [0.4, 0.5) is 0 Å². The maximum Gasteiger partial charge on any atom is 0.298 e. The Hall–Kier alpha value is -1.45. The third kappa shape index (κ3) is 1.83. The number of aromatic nitrogens is 1. The van der Waals surface area contributed by atoms with E-state index in [9.17, 15) is 4.79 Å². The fraction of sp³-hybridized carbons (Fsp3) is 0.444. The summed E-state index contributed by atoms with van der Waals surface area (Å²) in [5.74, 6) is 6.28. The largest absolute Gasteiger partial charge is 0.426 e. The first-order chi connectivity index (χ1) is 6.20. The summed E-state index contributed by atoms with van der Waals surface area (Å²) in [6.07, 6.45) is 3.53. The number of nitrogen functional groups attached to an aromatic ring is 1. The van der Waals surface area contributed by atoms with Crippen molar-refractivity contribution >= 4 is 6.47 Å². The molecule has 0 radical (unpaired) electrons. The molecule has 0 aliphatic heterocycles. The van der Waals surface area contributed by atoms with Gasteiger partial charge in [0.2, 0.25) is 0 Å². The van der Waals surface area contributed by atoms with Crippen LogP contribution in [0, 0.1) is 6.92 Å². The van der Waals surface area contributed by atoms with E-state index in [4.69, 9.17) is 10.6 Å². The van der Waals surface area contributed by atoms with Crippen LogP contribution in [-0.2, 0) is 11.2 Å². The molecule has 0 aromatic carbocycles. The lowest BCUT2D eigenvalue weighted by atomic mass is 10.2. The van der Waals surface area contributed by atoms with Crippen molar-refractivity contribution in [1.82, 2.24) is 4.68 Å². The zero-order chi connectivity index (χ0) is 9.84. The van der Waals surface area contributed by atoms with Gasteiger partial charge in [-0.05, 0) is 13.3 Å². The minimum atomic E-state index is 0.432. The molecule has 0 bridgehead atoms. The lowest BCUT2D eigenvalue weighted by molar-refractivity contribution is -0.120. The van der Waals surface area contributed by atoms with Gasteiger partial charge >= 0.3 is 0 Å². The standard InChI is InChI=1S/C9H14N2O2/c1-3-4-8-9(13-6-12)7(2)5-11(8)10/h5-6H,3-4,10H2,1-2H3. The highest BCUT2D eigenvalue weighted by Crippen LogP contribution is 2.24. The first kappa shape index (κ1) is 9.64. The van der Waals surface area contributed by atoms with Crippen LogP contribution in [0.1, 0.15) is 24.6 Å².